The number of halogens is 2. The van der Waals surface area contributed by atoms with Crippen LogP contribution in [-0.2, 0) is 22.4 Å². The van der Waals surface area contributed by atoms with Crippen molar-refractivity contribution in [3.63, 3.8) is 0 Å². The van der Waals surface area contributed by atoms with Crippen molar-refractivity contribution in [3.05, 3.63) is 35.5 Å². The monoisotopic (exact) mass is 389 g/mol. The van der Waals surface area contributed by atoms with Crippen molar-refractivity contribution in [2.24, 2.45) is 5.41 Å². The Morgan fingerprint density at radius 2 is 2.04 bits per heavy atom. The van der Waals surface area contributed by atoms with Gasteiger partial charge < -0.3 is 9.47 Å². The minimum absolute atomic E-state index is 0.0278. The first-order chi connectivity index (χ1) is 13.4. The van der Waals surface area contributed by atoms with Crippen LogP contribution in [0.2, 0.25) is 0 Å². The van der Waals surface area contributed by atoms with Gasteiger partial charge in [0.1, 0.15) is 5.69 Å². The van der Waals surface area contributed by atoms with E-state index in [1.165, 1.54) is 0 Å². The average Bonchev–Trinajstić information content (AvgIpc) is 3.11. The second-order valence-corrected chi connectivity index (χ2v) is 7.66. The molecule has 1 aromatic heterocycles. The summed E-state index contributed by atoms with van der Waals surface area (Å²) in [6, 6.07) is 5.65. The molecule has 3 rings (SSSR count). The number of nitrogens with zero attached hydrogens (tertiary/aromatic N) is 3. The molecule has 5 nitrogen and oxygen atoms in total. The van der Waals surface area contributed by atoms with Gasteiger partial charge in [0.25, 0.3) is 0 Å². The zero-order chi connectivity index (χ0) is 20.1. The smallest absolute Gasteiger partial charge is 0.249 e. The van der Waals surface area contributed by atoms with Crippen molar-refractivity contribution >= 4 is 0 Å². The number of rotatable bonds is 5. The molecule has 1 aromatic carbocycles. The van der Waals surface area contributed by atoms with Gasteiger partial charge in [-0.2, -0.15) is 0 Å². The van der Waals surface area contributed by atoms with Crippen molar-refractivity contribution < 1.29 is 18.3 Å². The van der Waals surface area contributed by atoms with Crippen molar-refractivity contribution in [1.82, 2.24) is 15.0 Å². The quantitative estimate of drug-likeness (QED) is 0.728. The summed E-state index contributed by atoms with van der Waals surface area (Å²) >= 11 is 0. The summed E-state index contributed by atoms with van der Waals surface area (Å²) in [6.45, 7) is 8.00. The maximum Gasteiger partial charge on any atom is 0.249 e. The van der Waals surface area contributed by atoms with Gasteiger partial charge >= 0.3 is 0 Å². The lowest BCUT2D eigenvalue weighted by Crippen LogP contribution is -2.39. The summed E-state index contributed by atoms with van der Waals surface area (Å²) in [6.07, 6.45) is -0.518. The average molecular weight is 389 g/mol. The lowest BCUT2D eigenvalue weighted by Gasteiger charge is -2.34. The topological polar surface area (TPSA) is 49.2 Å². The van der Waals surface area contributed by atoms with Crippen LogP contribution in [0.4, 0.5) is 8.78 Å². The van der Waals surface area contributed by atoms with E-state index in [9.17, 15) is 8.78 Å². The second kappa shape index (κ2) is 8.80. The maximum absolute atomic E-state index is 12.2. The fourth-order valence-corrected chi connectivity index (χ4v) is 2.94. The third kappa shape index (κ3) is 5.37. The Kier molecular flexibility index (Phi) is 6.42. The van der Waals surface area contributed by atoms with E-state index in [0.717, 1.165) is 28.8 Å². The highest BCUT2D eigenvalue weighted by molar-refractivity contribution is 5.64. The predicted molar refractivity (Wildman–Crippen MR) is 102 cm³/mol. The van der Waals surface area contributed by atoms with Crippen molar-refractivity contribution in [3.8, 4) is 23.1 Å². The third-order valence-corrected chi connectivity index (χ3v) is 4.45. The van der Waals surface area contributed by atoms with Gasteiger partial charge in [0, 0.05) is 16.5 Å². The van der Waals surface area contributed by atoms with Crippen LogP contribution >= 0.6 is 0 Å². The van der Waals surface area contributed by atoms with E-state index in [-0.39, 0.29) is 11.7 Å². The molecule has 0 unspecified atom stereocenters. The normalized spacial score (nSPS) is 16.8. The van der Waals surface area contributed by atoms with E-state index >= 15 is 0 Å². The van der Waals surface area contributed by atoms with Crippen LogP contribution < -0.4 is 0 Å². The standard InChI is InChI=1S/C21H25F2N3O2/c1-4-16-10-15(6-5-7-19(22)23)8-9-17(16)18-11-26(25-24-18)12-20-27-13-21(2,3)14-28-20/h8-11,19-20H,4,7,12-14H2,1-3H3. The van der Waals surface area contributed by atoms with E-state index < -0.39 is 12.8 Å². The van der Waals surface area contributed by atoms with Gasteiger partial charge in [-0.25, -0.2) is 13.5 Å². The predicted octanol–water partition coefficient (Wildman–Crippen LogP) is 3.91. The third-order valence-electron chi connectivity index (χ3n) is 4.45. The molecule has 0 bridgehead atoms. The van der Waals surface area contributed by atoms with Crippen LogP contribution in [0.1, 0.15) is 38.3 Å². The summed E-state index contributed by atoms with van der Waals surface area (Å²) in [5.74, 6) is 5.30. The van der Waals surface area contributed by atoms with Gasteiger partial charge in [0.05, 0.1) is 32.4 Å². The molecule has 1 fully saturated rings. The van der Waals surface area contributed by atoms with E-state index in [1.54, 1.807) is 4.68 Å². The Morgan fingerprint density at radius 3 is 2.71 bits per heavy atom. The molecule has 0 spiro atoms. The Bertz CT molecular complexity index is 858. The van der Waals surface area contributed by atoms with Crippen LogP contribution in [-0.4, -0.2) is 40.9 Å². The number of hydrogen-bond acceptors (Lipinski definition) is 4. The van der Waals surface area contributed by atoms with E-state index in [1.807, 2.05) is 31.3 Å². The molecule has 1 aliphatic heterocycles. The van der Waals surface area contributed by atoms with Gasteiger partial charge in [0.15, 0.2) is 6.29 Å². The summed E-state index contributed by atoms with van der Waals surface area (Å²) in [5, 5.41) is 8.46. The number of benzene rings is 1. The van der Waals surface area contributed by atoms with Gasteiger partial charge in [-0.15, -0.1) is 5.10 Å². The lowest BCUT2D eigenvalue weighted by atomic mass is 9.96. The zero-order valence-corrected chi connectivity index (χ0v) is 16.4. The molecular formula is C21H25F2N3O2. The number of aromatic nitrogens is 3. The molecule has 2 heterocycles. The van der Waals surface area contributed by atoms with E-state index in [2.05, 4.69) is 36.0 Å². The zero-order valence-electron chi connectivity index (χ0n) is 16.4. The minimum atomic E-state index is -2.41. The number of aryl methyl sites for hydroxylation is 1. The van der Waals surface area contributed by atoms with Gasteiger partial charge in [-0.3, -0.25) is 0 Å². The number of alkyl halides is 2. The van der Waals surface area contributed by atoms with Crippen LogP contribution in [0.15, 0.2) is 24.4 Å². The summed E-state index contributed by atoms with van der Waals surface area (Å²) in [4.78, 5) is 0. The van der Waals surface area contributed by atoms with Crippen LogP contribution in [0.3, 0.4) is 0 Å². The summed E-state index contributed by atoms with van der Waals surface area (Å²) < 4.78 is 37.7. The highest BCUT2D eigenvalue weighted by Gasteiger charge is 2.28. The lowest BCUT2D eigenvalue weighted by molar-refractivity contribution is -0.227. The molecule has 1 aliphatic rings. The van der Waals surface area contributed by atoms with Crippen molar-refractivity contribution in [2.45, 2.75) is 52.9 Å². The molecule has 2 aromatic rings. The number of ether oxygens (including phenoxy) is 2. The van der Waals surface area contributed by atoms with Crippen LogP contribution in [0, 0.1) is 17.3 Å². The molecule has 28 heavy (non-hydrogen) atoms. The Hall–Kier alpha value is -2.30. The van der Waals surface area contributed by atoms with E-state index in [4.69, 9.17) is 9.47 Å². The molecule has 0 saturated carbocycles. The largest absolute Gasteiger partial charge is 0.350 e. The first kappa shape index (κ1) is 20.4. The van der Waals surface area contributed by atoms with Gasteiger partial charge in [0.2, 0.25) is 6.43 Å². The molecule has 7 heteroatoms. The Morgan fingerprint density at radius 1 is 1.29 bits per heavy atom. The fourth-order valence-electron chi connectivity index (χ4n) is 2.94. The Labute approximate surface area is 164 Å². The molecule has 0 amide bonds. The fraction of sp³-hybridized carbons (Fsp3) is 0.524. The van der Waals surface area contributed by atoms with Gasteiger partial charge in [-0.05, 0) is 24.1 Å². The molecule has 150 valence electrons. The molecule has 0 N–H and O–H groups in total. The molecule has 0 radical (unpaired) electrons. The molecule has 0 atom stereocenters. The number of hydrogen-bond donors (Lipinski definition) is 0. The Balaban J connectivity index is 1.70. The molecule has 0 aliphatic carbocycles. The van der Waals surface area contributed by atoms with Crippen LogP contribution in [0.5, 0.6) is 0 Å². The second-order valence-electron chi connectivity index (χ2n) is 7.66. The SMILES string of the molecule is CCc1cc(C#CCC(F)F)ccc1-c1cn(CC2OCC(C)(C)CO2)nn1. The first-order valence-corrected chi connectivity index (χ1v) is 9.40. The highest BCUT2D eigenvalue weighted by Crippen LogP contribution is 2.25. The van der Waals surface area contributed by atoms with E-state index in [0.29, 0.717) is 19.8 Å². The van der Waals surface area contributed by atoms with Crippen molar-refractivity contribution in [2.75, 3.05) is 13.2 Å². The maximum atomic E-state index is 12.2. The van der Waals surface area contributed by atoms with Crippen LogP contribution in [0.25, 0.3) is 11.3 Å². The highest BCUT2D eigenvalue weighted by atomic mass is 19.3. The van der Waals surface area contributed by atoms with Crippen molar-refractivity contribution in [1.29, 1.82) is 0 Å². The summed E-state index contributed by atoms with van der Waals surface area (Å²) in [5.41, 5.74) is 3.50. The first-order valence-electron chi connectivity index (χ1n) is 9.40. The summed E-state index contributed by atoms with van der Waals surface area (Å²) in [7, 11) is 0. The van der Waals surface area contributed by atoms with Gasteiger partial charge in [-0.1, -0.05) is 43.9 Å². The molecular weight excluding hydrogens is 364 g/mol. The minimum Gasteiger partial charge on any atom is -0.350 e. The molecule has 1 saturated heterocycles.